The number of carbonyl (C=O) groups excluding carboxylic acids is 1. The van der Waals surface area contributed by atoms with Crippen molar-refractivity contribution in [3.05, 3.63) is 77.9 Å². The topological polar surface area (TPSA) is 44.8 Å². The highest BCUT2D eigenvalue weighted by Gasteiger charge is 2.18. The van der Waals surface area contributed by atoms with Crippen molar-refractivity contribution in [3.63, 3.8) is 0 Å². The van der Waals surface area contributed by atoms with E-state index >= 15 is 0 Å². The quantitative estimate of drug-likeness (QED) is 0.593. The number of ether oxygens (including phenoxy) is 3. The van der Waals surface area contributed by atoms with E-state index in [0.29, 0.717) is 18.8 Å². The average Bonchev–Trinajstić information content (AvgIpc) is 3.24. The first-order valence-corrected chi connectivity index (χ1v) is 9.27. The van der Waals surface area contributed by atoms with Crippen molar-refractivity contribution in [1.82, 2.24) is 0 Å². The highest BCUT2D eigenvalue weighted by molar-refractivity contribution is 5.89. The summed E-state index contributed by atoms with van der Waals surface area (Å²) in [6, 6.07) is 21.6. The summed E-state index contributed by atoms with van der Waals surface area (Å²) in [6.07, 6.45) is 2.02. The van der Waals surface area contributed by atoms with Crippen molar-refractivity contribution in [3.8, 4) is 5.75 Å². The van der Waals surface area contributed by atoms with Crippen LogP contribution in [0.3, 0.4) is 0 Å². The molecule has 0 N–H and O–H groups in total. The molecular formula is C23H22O4. The first-order valence-electron chi connectivity index (χ1n) is 9.27. The SMILES string of the molecule is O=C(OC[C@@H]1CCCO1)c1cccc(COc2ccc3ccccc3c2)c1. The van der Waals surface area contributed by atoms with Gasteiger partial charge in [0.15, 0.2) is 0 Å². The van der Waals surface area contributed by atoms with E-state index in [4.69, 9.17) is 14.2 Å². The molecule has 3 aromatic carbocycles. The first-order chi connectivity index (χ1) is 13.3. The van der Waals surface area contributed by atoms with Crippen LogP contribution in [0.2, 0.25) is 0 Å². The lowest BCUT2D eigenvalue weighted by Crippen LogP contribution is -2.18. The molecule has 0 amide bonds. The third-order valence-electron chi connectivity index (χ3n) is 4.71. The van der Waals surface area contributed by atoms with Gasteiger partial charge in [0, 0.05) is 6.61 Å². The summed E-state index contributed by atoms with van der Waals surface area (Å²) in [4.78, 5) is 12.3. The van der Waals surface area contributed by atoms with E-state index in [1.165, 1.54) is 5.39 Å². The van der Waals surface area contributed by atoms with E-state index in [2.05, 4.69) is 12.1 Å². The smallest absolute Gasteiger partial charge is 0.338 e. The molecule has 0 unspecified atom stereocenters. The molecule has 4 rings (SSSR count). The summed E-state index contributed by atoms with van der Waals surface area (Å²) in [6.45, 7) is 1.46. The molecule has 0 aromatic heterocycles. The molecular weight excluding hydrogens is 340 g/mol. The van der Waals surface area contributed by atoms with Gasteiger partial charge in [0.25, 0.3) is 0 Å². The molecule has 0 spiro atoms. The van der Waals surface area contributed by atoms with Crippen LogP contribution in [0.25, 0.3) is 10.8 Å². The number of hydrogen-bond acceptors (Lipinski definition) is 4. The Balaban J connectivity index is 1.37. The Bertz CT molecular complexity index is 928. The molecule has 1 aliphatic rings. The van der Waals surface area contributed by atoms with Gasteiger partial charge in [0.05, 0.1) is 11.7 Å². The number of rotatable bonds is 6. The van der Waals surface area contributed by atoms with Gasteiger partial charge >= 0.3 is 5.97 Å². The van der Waals surface area contributed by atoms with Crippen LogP contribution in [0.15, 0.2) is 66.7 Å². The van der Waals surface area contributed by atoms with Crippen LogP contribution < -0.4 is 4.74 Å². The summed E-state index contributed by atoms with van der Waals surface area (Å²) in [5.41, 5.74) is 1.46. The summed E-state index contributed by atoms with van der Waals surface area (Å²) >= 11 is 0. The first kappa shape index (κ1) is 17.6. The van der Waals surface area contributed by atoms with Gasteiger partial charge in [-0.2, -0.15) is 0 Å². The summed E-state index contributed by atoms with van der Waals surface area (Å²) < 4.78 is 16.8. The van der Waals surface area contributed by atoms with E-state index < -0.39 is 0 Å². The highest BCUT2D eigenvalue weighted by Crippen LogP contribution is 2.21. The minimum Gasteiger partial charge on any atom is -0.489 e. The fraction of sp³-hybridized carbons (Fsp3) is 0.261. The average molecular weight is 362 g/mol. The van der Waals surface area contributed by atoms with Crippen molar-refractivity contribution in [1.29, 1.82) is 0 Å². The molecule has 4 nitrogen and oxygen atoms in total. The van der Waals surface area contributed by atoms with Gasteiger partial charge in [0.2, 0.25) is 0 Å². The fourth-order valence-electron chi connectivity index (χ4n) is 3.24. The number of esters is 1. The Kier molecular flexibility index (Phi) is 5.35. The summed E-state index contributed by atoms with van der Waals surface area (Å²) in [5, 5.41) is 2.32. The van der Waals surface area contributed by atoms with E-state index in [9.17, 15) is 4.79 Å². The predicted octanol–water partition coefficient (Wildman–Crippen LogP) is 4.75. The van der Waals surface area contributed by atoms with Crippen LogP contribution in [0.5, 0.6) is 5.75 Å². The predicted molar refractivity (Wildman–Crippen MR) is 104 cm³/mol. The monoisotopic (exact) mass is 362 g/mol. The van der Waals surface area contributed by atoms with Crippen LogP contribution in [-0.2, 0) is 16.1 Å². The van der Waals surface area contributed by atoms with Crippen molar-refractivity contribution in [2.45, 2.75) is 25.6 Å². The lowest BCUT2D eigenvalue weighted by molar-refractivity contribution is 0.0161. The standard InChI is InChI=1S/C23H22O4/c24-23(27-16-22-9-4-12-25-22)20-8-3-5-17(13-20)15-26-21-11-10-18-6-1-2-7-19(18)14-21/h1-3,5-8,10-11,13-14,22H,4,9,12,15-16H2/t22-/m0/s1. The second kappa shape index (κ2) is 8.23. The number of benzene rings is 3. The molecule has 0 aliphatic carbocycles. The summed E-state index contributed by atoms with van der Waals surface area (Å²) in [7, 11) is 0. The Morgan fingerprint density at radius 1 is 1.00 bits per heavy atom. The normalized spacial score (nSPS) is 16.4. The van der Waals surface area contributed by atoms with Gasteiger partial charge < -0.3 is 14.2 Å². The van der Waals surface area contributed by atoms with E-state index in [-0.39, 0.29) is 12.1 Å². The third-order valence-corrected chi connectivity index (χ3v) is 4.71. The molecule has 138 valence electrons. The maximum absolute atomic E-state index is 12.3. The van der Waals surface area contributed by atoms with Crippen molar-refractivity contribution < 1.29 is 19.0 Å². The Labute approximate surface area is 158 Å². The fourth-order valence-corrected chi connectivity index (χ4v) is 3.24. The molecule has 1 atom stereocenters. The van der Waals surface area contributed by atoms with Crippen LogP contribution in [0.1, 0.15) is 28.8 Å². The largest absolute Gasteiger partial charge is 0.489 e. The minimum absolute atomic E-state index is 0.0355. The molecule has 27 heavy (non-hydrogen) atoms. The van der Waals surface area contributed by atoms with Crippen molar-refractivity contribution >= 4 is 16.7 Å². The van der Waals surface area contributed by atoms with Crippen LogP contribution in [0.4, 0.5) is 0 Å². The maximum Gasteiger partial charge on any atom is 0.338 e. The molecule has 1 aliphatic heterocycles. The van der Waals surface area contributed by atoms with Gasteiger partial charge in [-0.3, -0.25) is 0 Å². The van der Waals surface area contributed by atoms with Gasteiger partial charge in [-0.1, -0.05) is 42.5 Å². The highest BCUT2D eigenvalue weighted by atomic mass is 16.6. The molecule has 1 saturated heterocycles. The van der Waals surface area contributed by atoms with Crippen LogP contribution in [-0.4, -0.2) is 25.3 Å². The maximum atomic E-state index is 12.3. The van der Waals surface area contributed by atoms with Gasteiger partial charge in [0.1, 0.15) is 19.0 Å². The molecule has 0 bridgehead atoms. The number of hydrogen-bond donors (Lipinski definition) is 0. The van der Waals surface area contributed by atoms with Gasteiger partial charge in [-0.15, -0.1) is 0 Å². The molecule has 0 radical (unpaired) electrons. The zero-order valence-corrected chi connectivity index (χ0v) is 15.1. The molecule has 1 heterocycles. The minimum atomic E-state index is -0.321. The third kappa shape index (κ3) is 4.47. The second-order valence-electron chi connectivity index (χ2n) is 6.73. The van der Waals surface area contributed by atoms with Gasteiger partial charge in [-0.05, 0) is 53.4 Å². The zero-order valence-electron chi connectivity index (χ0n) is 15.1. The van der Waals surface area contributed by atoms with Crippen LogP contribution in [0, 0.1) is 0 Å². The van der Waals surface area contributed by atoms with E-state index in [1.807, 2.05) is 48.5 Å². The van der Waals surface area contributed by atoms with E-state index in [0.717, 1.165) is 36.1 Å². The van der Waals surface area contributed by atoms with E-state index in [1.54, 1.807) is 6.07 Å². The Morgan fingerprint density at radius 2 is 1.89 bits per heavy atom. The molecule has 4 heteroatoms. The zero-order chi connectivity index (χ0) is 18.5. The molecule has 0 saturated carbocycles. The van der Waals surface area contributed by atoms with Crippen molar-refractivity contribution in [2.75, 3.05) is 13.2 Å². The van der Waals surface area contributed by atoms with Crippen molar-refractivity contribution in [2.24, 2.45) is 0 Å². The lowest BCUT2D eigenvalue weighted by Gasteiger charge is -2.11. The van der Waals surface area contributed by atoms with Gasteiger partial charge in [-0.25, -0.2) is 4.79 Å². The number of carbonyl (C=O) groups is 1. The second-order valence-corrected chi connectivity index (χ2v) is 6.73. The summed E-state index contributed by atoms with van der Waals surface area (Å²) in [5.74, 6) is 0.484. The Morgan fingerprint density at radius 3 is 2.74 bits per heavy atom. The lowest BCUT2D eigenvalue weighted by atomic mass is 10.1. The molecule has 1 fully saturated rings. The van der Waals surface area contributed by atoms with Crippen LogP contribution >= 0.6 is 0 Å². The molecule has 3 aromatic rings. The number of fused-ring (bicyclic) bond motifs is 1. The Hall–Kier alpha value is -2.85.